The Hall–Kier alpha value is -2.48. The second-order valence-corrected chi connectivity index (χ2v) is 4.74. The zero-order valence-corrected chi connectivity index (χ0v) is 11.0. The third-order valence-electron chi connectivity index (χ3n) is 3.29. The Morgan fingerprint density at radius 1 is 0.650 bits per heavy atom. The lowest BCUT2D eigenvalue weighted by molar-refractivity contribution is 0.628. The molecular weight excluding hydrogens is 249 g/mol. The maximum absolute atomic E-state index is 12.9. The monoisotopic (exact) mass is 263 g/mol. The van der Waals surface area contributed by atoms with E-state index in [9.17, 15) is 4.39 Å². The lowest BCUT2D eigenvalue weighted by Gasteiger charge is -2.05. The summed E-state index contributed by atoms with van der Waals surface area (Å²) in [5, 5.41) is 0. The Bertz CT molecular complexity index is 673. The van der Waals surface area contributed by atoms with Gasteiger partial charge in [0.15, 0.2) is 0 Å². The molecule has 2 heteroatoms. The first-order valence-corrected chi connectivity index (χ1v) is 6.55. The van der Waals surface area contributed by atoms with Gasteiger partial charge in [-0.1, -0.05) is 36.4 Å². The van der Waals surface area contributed by atoms with Crippen molar-refractivity contribution in [1.29, 1.82) is 0 Å². The van der Waals surface area contributed by atoms with Crippen LogP contribution in [0.15, 0.2) is 73.1 Å². The fourth-order valence-electron chi connectivity index (χ4n) is 2.19. The average molecular weight is 263 g/mol. The van der Waals surface area contributed by atoms with E-state index < -0.39 is 0 Å². The van der Waals surface area contributed by atoms with Crippen molar-refractivity contribution in [2.75, 3.05) is 0 Å². The topological polar surface area (TPSA) is 12.9 Å². The third kappa shape index (κ3) is 2.91. The zero-order valence-electron chi connectivity index (χ0n) is 11.0. The Balaban J connectivity index is 1.79. The molecule has 0 fully saturated rings. The van der Waals surface area contributed by atoms with E-state index in [0.29, 0.717) is 0 Å². The summed E-state index contributed by atoms with van der Waals surface area (Å²) in [6.07, 6.45) is 4.51. The van der Waals surface area contributed by atoms with E-state index in [2.05, 4.69) is 29.2 Å². The van der Waals surface area contributed by atoms with Crippen LogP contribution >= 0.6 is 0 Å². The predicted octanol–water partition coefficient (Wildman–Crippen LogP) is 4.48. The highest BCUT2D eigenvalue weighted by atomic mass is 19.1. The number of nitrogens with zero attached hydrogens (tertiary/aromatic N) is 1. The molecular formula is C18H14FN. The van der Waals surface area contributed by atoms with Crippen LogP contribution in [-0.2, 0) is 6.42 Å². The molecule has 0 aliphatic carbocycles. The van der Waals surface area contributed by atoms with Gasteiger partial charge in [0.2, 0.25) is 0 Å². The smallest absolute Gasteiger partial charge is 0.123 e. The van der Waals surface area contributed by atoms with E-state index in [-0.39, 0.29) is 5.82 Å². The largest absolute Gasteiger partial charge is 0.265 e. The Morgan fingerprint density at radius 2 is 1.15 bits per heavy atom. The maximum atomic E-state index is 12.9. The summed E-state index contributed by atoms with van der Waals surface area (Å²) < 4.78 is 12.9. The Kier molecular flexibility index (Phi) is 3.55. The molecule has 3 rings (SSSR count). The van der Waals surface area contributed by atoms with Crippen LogP contribution in [0.1, 0.15) is 11.1 Å². The highest BCUT2D eigenvalue weighted by Crippen LogP contribution is 2.21. The molecule has 20 heavy (non-hydrogen) atoms. The van der Waals surface area contributed by atoms with Crippen molar-refractivity contribution < 1.29 is 4.39 Å². The molecule has 98 valence electrons. The fourth-order valence-corrected chi connectivity index (χ4v) is 2.19. The third-order valence-corrected chi connectivity index (χ3v) is 3.29. The first-order valence-electron chi connectivity index (χ1n) is 6.55. The lowest BCUT2D eigenvalue weighted by Crippen LogP contribution is -1.88. The minimum absolute atomic E-state index is 0.206. The lowest BCUT2D eigenvalue weighted by atomic mass is 10.0. The van der Waals surface area contributed by atoms with E-state index in [1.807, 2.05) is 24.5 Å². The molecule has 3 aromatic rings. The predicted molar refractivity (Wildman–Crippen MR) is 78.9 cm³/mol. The molecule has 0 atom stereocenters. The minimum Gasteiger partial charge on any atom is -0.265 e. The highest BCUT2D eigenvalue weighted by Gasteiger charge is 2.00. The van der Waals surface area contributed by atoms with Gasteiger partial charge in [0.1, 0.15) is 5.82 Å². The molecule has 0 aliphatic rings. The fraction of sp³-hybridized carbons (Fsp3) is 0.0556. The van der Waals surface area contributed by atoms with Gasteiger partial charge in [-0.15, -0.1) is 0 Å². The van der Waals surface area contributed by atoms with Crippen molar-refractivity contribution in [3.8, 4) is 11.1 Å². The van der Waals surface area contributed by atoms with Crippen molar-refractivity contribution in [2.24, 2.45) is 0 Å². The summed E-state index contributed by atoms with van der Waals surface area (Å²) in [5.74, 6) is -0.206. The van der Waals surface area contributed by atoms with E-state index in [1.165, 1.54) is 23.3 Å². The quantitative estimate of drug-likeness (QED) is 0.679. The molecule has 0 N–H and O–H groups in total. The van der Waals surface area contributed by atoms with Crippen LogP contribution in [0, 0.1) is 5.82 Å². The van der Waals surface area contributed by atoms with Crippen LogP contribution in [-0.4, -0.2) is 4.98 Å². The molecule has 0 spiro atoms. The van der Waals surface area contributed by atoms with Crippen LogP contribution in [0.5, 0.6) is 0 Å². The Morgan fingerprint density at radius 3 is 1.75 bits per heavy atom. The van der Waals surface area contributed by atoms with Gasteiger partial charge in [0.05, 0.1) is 0 Å². The molecule has 2 aromatic carbocycles. The van der Waals surface area contributed by atoms with Gasteiger partial charge in [-0.2, -0.15) is 0 Å². The number of hydrogen-bond donors (Lipinski definition) is 0. The van der Waals surface area contributed by atoms with Gasteiger partial charge in [-0.3, -0.25) is 4.98 Å². The summed E-state index contributed by atoms with van der Waals surface area (Å²) in [6.45, 7) is 0. The summed E-state index contributed by atoms with van der Waals surface area (Å²) >= 11 is 0. The van der Waals surface area contributed by atoms with E-state index in [0.717, 1.165) is 17.5 Å². The highest BCUT2D eigenvalue weighted by molar-refractivity contribution is 5.63. The van der Waals surface area contributed by atoms with Gasteiger partial charge < -0.3 is 0 Å². The van der Waals surface area contributed by atoms with Gasteiger partial charge in [0, 0.05) is 12.4 Å². The van der Waals surface area contributed by atoms with Crippen molar-refractivity contribution in [3.05, 3.63) is 90.0 Å². The van der Waals surface area contributed by atoms with Gasteiger partial charge in [-0.05, 0) is 52.9 Å². The van der Waals surface area contributed by atoms with Crippen molar-refractivity contribution in [3.63, 3.8) is 0 Å². The molecule has 0 amide bonds. The van der Waals surface area contributed by atoms with E-state index >= 15 is 0 Å². The van der Waals surface area contributed by atoms with Crippen LogP contribution in [0.2, 0.25) is 0 Å². The van der Waals surface area contributed by atoms with Gasteiger partial charge in [-0.25, -0.2) is 4.39 Å². The average Bonchev–Trinajstić information content (AvgIpc) is 2.50. The molecule has 1 aromatic heterocycles. The summed E-state index contributed by atoms with van der Waals surface area (Å²) in [7, 11) is 0. The molecule has 0 aliphatic heterocycles. The number of aromatic nitrogens is 1. The molecule has 0 saturated carbocycles. The standard InChI is InChI=1S/C18H14FN/c19-18-7-5-17(6-8-18)16-3-1-14(2-4-16)13-15-9-11-20-12-10-15/h1-12H,13H2. The number of halogens is 1. The SMILES string of the molecule is Fc1ccc(-c2ccc(Cc3ccncc3)cc2)cc1. The maximum Gasteiger partial charge on any atom is 0.123 e. The van der Waals surface area contributed by atoms with E-state index in [1.54, 1.807) is 12.1 Å². The van der Waals surface area contributed by atoms with Crippen LogP contribution in [0.4, 0.5) is 4.39 Å². The van der Waals surface area contributed by atoms with E-state index in [4.69, 9.17) is 0 Å². The molecule has 1 nitrogen and oxygen atoms in total. The second kappa shape index (κ2) is 5.66. The van der Waals surface area contributed by atoms with Crippen LogP contribution in [0.25, 0.3) is 11.1 Å². The molecule has 0 radical (unpaired) electrons. The zero-order chi connectivity index (χ0) is 13.8. The molecule has 0 unspecified atom stereocenters. The van der Waals surface area contributed by atoms with Crippen molar-refractivity contribution in [2.45, 2.75) is 6.42 Å². The second-order valence-electron chi connectivity index (χ2n) is 4.74. The molecule has 0 bridgehead atoms. The van der Waals surface area contributed by atoms with Crippen molar-refractivity contribution in [1.82, 2.24) is 4.98 Å². The van der Waals surface area contributed by atoms with Crippen molar-refractivity contribution >= 4 is 0 Å². The first-order chi connectivity index (χ1) is 9.81. The van der Waals surface area contributed by atoms with Crippen LogP contribution < -0.4 is 0 Å². The summed E-state index contributed by atoms with van der Waals surface area (Å²) in [5.41, 5.74) is 4.63. The van der Waals surface area contributed by atoms with Crippen LogP contribution in [0.3, 0.4) is 0 Å². The first kappa shape index (κ1) is 12.5. The summed E-state index contributed by atoms with van der Waals surface area (Å²) in [6, 6.07) is 19.0. The molecule has 0 saturated heterocycles. The summed E-state index contributed by atoms with van der Waals surface area (Å²) in [4.78, 5) is 4.02. The number of pyridine rings is 1. The van der Waals surface area contributed by atoms with Gasteiger partial charge in [0.25, 0.3) is 0 Å². The minimum atomic E-state index is -0.206. The number of hydrogen-bond acceptors (Lipinski definition) is 1. The molecule has 1 heterocycles. The normalized spacial score (nSPS) is 10.4. The number of rotatable bonds is 3. The Labute approximate surface area is 117 Å². The number of benzene rings is 2. The van der Waals surface area contributed by atoms with Gasteiger partial charge >= 0.3 is 0 Å².